The van der Waals surface area contributed by atoms with Crippen LogP contribution in [0.4, 0.5) is 34.1 Å². The van der Waals surface area contributed by atoms with Crippen LogP contribution in [0, 0.1) is 27.7 Å². The van der Waals surface area contributed by atoms with E-state index in [1.165, 1.54) is 67.0 Å². The molecule has 0 aliphatic carbocycles. The number of fused-ring (bicyclic) bond motifs is 8. The molecule has 0 fully saturated rings. The minimum atomic E-state index is 0.154. The number of aryl methyl sites for hydroxylation is 4. The Bertz CT molecular complexity index is 4080. The van der Waals surface area contributed by atoms with Crippen molar-refractivity contribution in [3.05, 3.63) is 240 Å². The Morgan fingerprint density at radius 2 is 0.671 bits per heavy atom. The first kappa shape index (κ1) is 46.9. The summed E-state index contributed by atoms with van der Waals surface area (Å²) in [5.74, 6) is 0.309. The van der Waals surface area contributed by atoms with Gasteiger partial charge < -0.3 is 18.6 Å². The Morgan fingerprint density at radius 1 is 0.316 bits per heavy atom. The van der Waals surface area contributed by atoms with Gasteiger partial charge in [-0.15, -0.1) is 0 Å². The maximum absolute atomic E-state index is 7.25. The van der Waals surface area contributed by atoms with Gasteiger partial charge in [-0.05, 0) is 178 Å². The van der Waals surface area contributed by atoms with Gasteiger partial charge in [-0.3, -0.25) is 0 Å². The van der Waals surface area contributed by atoms with Crippen LogP contribution >= 0.6 is 0 Å². The molecule has 0 unspecified atom stereocenters. The van der Waals surface area contributed by atoms with Gasteiger partial charge in [0, 0.05) is 55.4 Å². The predicted molar refractivity (Wildman–Crippen MR) is 323 cm³/mol. The third kappa shape index (κ3) is 7.82. The van der Waals surface area contributed by atoms with E-state index in [0.29, 0.717) is 0 Å². The van der Waals surface area contributed by atoms with Gasteiger partial charge in [-0.2, -0.15) is 0 Å². The Morgan fingerprint density at radius 3 is 1.05 bits per heavy atom. The van der Waals surface area contributed by atoms with Crippen molar-refractivity contribution in [3.63, 3.8) is 0 Å². The number of hydrogen-bond donors (Lipinski definition) is 0. The molecule has 370 valence electrons. The average molecular weight is 985 g/mol. The van der Waals surface area contributed by atoms with E-state index in [1.54, 1.807) is 0 Å². The Kier molecular flexibility index (Phi) is 11.4. The van der Waals surface area contributed by atoms with Crippen LogP contribution in [0.25, 0.3) is 87.7 Å². The molecule has 0 amide bonds. The van der Waals surface area contributed by atoms with Crippen molar-refractivity contribution in [2.45, 2.75) is 67.2 Å². The van der Waals surface area contributed by atoms with Gasteiger partial charge in [0.1, 0.15) is 22.3 Å². The smallest absolute Gasteiger partial charge is 0.140 e. The van der Waals surface area contributed by atoms with E-state index < -0.39 is 0 Å². The van der Waals surface area contributed by atoms with E-state index >= 15 is 0 Å². The summed E-state index contributed by atoms with van der Waals surface area (Å²) in [6.45, 7) is 18.0. The molecule has 0 saturated carbocycles. The predicted octanol–water partition coefficient (Wildman–Crippen LogP) is 21.5. The molecular weight excluding hydrogens is 925 g/mol. The van der Waals surface area contributed by atoms with Crippen molar-refractivity contribution < 1.29 is 8.83 Å². The van der Waals surface area contributed by atoms with Crippen LogP contribution in [0.2, 0.25) is 0 Å². The van der Waals surface area contributed by atoms with E-state index in [-0.39, 0.29) is 11.8 Å². The van der Waals surface area contributed by atoms with E-state index in [2.05, 4.69) is 271 Å². The second-order valence-corrected chi connectivity index (χ2v) is 21.5. The summed E-state index contributed by atoms with van der Waals surface area (Å²) in [7, 11) is 0. The zero-order chi connectivity index (χ0) is 51.9. The molecule has 0 aliphatic heterocycles. The van der Waals surface area contributed by atoms with Gasteiger partial charge in [-0.1, -0.05) is 161 Å². The zero-order valence-corrected chi connectivity index (χ0v) is 44.5. The Hall–Kier alpha value is -8.86. The van der Waals surface area contributed by atoms with Crippen molar-refractivity contribution >= 4 is 99.5 Å². The lowest BCUT2D eigenvalue weighted by Crippen LogP contribution is -2.13. The first-order chi connectivity index (χ1) is 37.0. The number of hydrogen-bond acceptors (Lipinski definition) is 4. The number of anilines is 6. The maximum atomic E-state index is 7.25. The third-order valence-corrected chi connectivity index (χ3v) is 15.7. The van der Waals surface area contributed by atoms with Gasteiger partial charge in [0.05, 0.1) is 11.4 Å². The summed E-state index contributed by atoms with van der Waals surface area (Å²) in [6, 6.07) is 75.2. The Balaban J connectivity index is 0.972. The quantitative estimate of drug-likeness (QED) is 0.137. The molecule has 0 spiro atoms. The van der Waals surface area contributed by atoms with Crippen LogP contribution in [0.3, 0.4) is 0 Å². The molecule has 76 heavy (non-hydrogen) atoms. The van der Waals surface area contributed by atoms with Crippen molar-refractivity contribution in [2.75, 3.05) is 9.80 Å². The topological polar surface area (TPSA) is 32.8 Å². The van der Waals surface area contributed by atoms with Gasteiger partial charge in [-0.25, -0.2) is 0 Å². The fraction of sp³-hybridized carbons (Fsp3) is 0.139. The molecule has 11 aromatic carbocycles. The number of benzene rings is 11. The second kappa shape index (κ2) is 18.5. The van der Waals surface area contributed by atoms with Crippen LogP contribution in [0.5, 0.6) is 0 Å². The maximum Gasteiger partial charge on any atom is 0.140 e. The van der Waals surface area contributed by atoms with Crippen LogP contribution in [-0.2, 0) is 0 Å². The summed E-state index contributed by atoms with van der Waals surface area (Å²) in [5.41, 5.74) is 22.4. The molecule has 4 heteroatoms. The van der Waals surface area contributed by atoms with E-state index in [1.807, 2.05) is 0 Å². The van der Waals surface area contributed by atoms with Crippen LogP contribution in [0.15, 0.2) is 215 Å². The molecule has 0 N–H and O–H groups in total. The molecule has 0 radical (unpaired) electrons. The summed E-state index contributed by atoms with van der Waals surface area (Å²) >= 11 is 0. The number of para-hydroxylation sites is 2. The summed E-state index contributed by atoms with van der Waals surface area (Å²) in [4.78, 5) is 4.84. The molecule has 0 bridgehead atoms. The lowest BCUT2D eigenvalue weighted by atomic mass is 9.87. The third-order valence-electron chi connectivity index (χ3n) is 15.7. The molecule has 0 atom stereocenters. The monoisotopic (exact) mass is 984 g/mol. The van der Waals surface area contributed by atoms with Crippen molar-refractivity contribution in [1.82, 2.24) is 0 Å². The molecule has 2 aromatic heterocycles. The molecule has 4 nitrogen and oxygen atoms in total. The average Bonchev–Trinajstić information content (AvgIpc) is 3.98. The molecule has 13 rings (SSSR count). The van der Waals surface area contributed by atoms with Crippen molar-refractivity contribution in [3.8, 4) is 22.3 Å². The minimum Gasteiger partial charge on any atom is -0.456 e. The van der Waals surface area contributed by atoms with Gasteiger partial charge in [0.15, 0.2) is 0 Å². The first-order valence-corrected chi connectivity index (χ1v) is 26.8. The SMILES string of the molecule is Cc1cccc(C)c1N(c1cccc(-c2ccccc2)c1)c1ccc2cc3c(cc2c1)oc1c(C(C)C)c2c(oc4cc5cc(N(c6cccc(-c7ccccc7)c6)c6c(C)cccc6C)ccc5cc42)c(C(C)C)c13. The fourth-order valence-corrected chi connectivity index (χ4v) is 12.2. The highest BCUT2D eigenvalue weighted by molar-refractivity contribution is 6.22. The minimum absolute atomic E-state index is 0.154. The fourth-order valence-electron chi connectivity index (χ4n) is 12.2. The van der Waals surface area contributed by atoms with E-state index in [0.717, 1.165) is 88.2 Å². The normalized spacial score (nSPS) is 11.9. The number of furan rings is 2. The van der Waals surface area contributed by atoms with E-state index in [9.17, 15) is 0 Å². The molecule has 2 heterocycles. The molecular formula is C72H60N2O2. The lowest BCUT2D eigenvalue weighted by Gasteiger charge is -2.29. The summed E-state index contributed by atoms with van der Waals surface area (Å²) < 4.78 is 14.5. The zero-order valence-electron chi connectivity index (χ0n) is 44.5. The highest BCUT2D eigenvalue weighted by Gasteiger charge is 2.29. The van der Waals surface area contributed by atoms with Gasteiger partial charge in [0.25, 0.3) is 0 Å². The summed E-state index contributed by atoms with van der Waals surface area (Å²) in [5, 5.41) is 9.09. The van der Waals surface area contributed by atoms with Crippen molar-refractivity contribution in [2.24, 2.45) is 0 Å². The van der Waals surface area contributed by atoms with Gasteiger partial charge in [0.2, 0.25) is 0 Å². The largest absolute Gasteiger partial charge is 0.456 e. The first-order valence-electron chi connectivity index (χ1n) is 26.8. The van der Waals surface area contributed by atoms with E-state index in [4.69, 9.17) is 8.83 Å². The van der Waals surface area contributed by atoms with Crippen LogP contribution < -0.4 is 9.80 Å². The molecule has 13 aromatic rings. The van der Waals surface area contributed by atoms with Gasteiger partial charge >= 0.3 is 0 Å². The lowest BCUT2D eigenvalue weighted by molar-refractivity contribution is 0.649. The molecule has 0 saturated heterocycles. The highest BCUT2D eigenvalue weighted by atomic mass is 16.3. The Labute approximate surface area is 445 Å². The number of nitrogens with zero attached hydrogens (tertiary/aromatic N) is 2. The standard InChI is InChI=1S/C72H60N2O2/c1-43(2)65-67-61-39-53-31-33-59(73(69-45(5)19-15-20-46(69)6)57-29-17-27-51(35-57)49-23-11-9-12-24-49)37-55(53)41-63(61)76-72(67)66(44(3)4)68-62-40-54-32-34-60(38-56(54)42-64(62)75-71(65)68)74(70-47(7)21-16-22-48(70)8)58-30-18-28-52(36-58)50-25-13-10-14-26-50/h9-44H,1-8H3. The van der Waals surface area contributed by atoms with Crippen LogP contribution in [-0.4, -0.2) is 0 Å². The molecule has 0 aliphatic rings. The highest BCUT2D eigenvalue weighted by Crippen LogP contribution is 2.50. The van der Waals surface area contributed by atoms with Crippen molar-refractivity contribution in [1.29, 1.82) is 0 Å². The van der Waals surface area contributed by atoms with Crippen LogP contribution in [0.1, 0.15) is 72.9 Å². The number of rotatable bonds is 10. The summed E-state index contributed by atoms with van der Waals surface area (Å²) in [6.07, 6.45) is 0. The second-order valence-electron chi connectivity index (χ2n) is 21.5.